The number of aromatic nitrogens is 2. The van der Waals surface area contributed by atoms with Crippen LogP contribution in [0.1, 0.15) is 39.3 Å². The smallest absolute Gasteiger partial charge is 0.276 e. The molecule has 1 aromatic carbocycles. The van der Waals surface area contributed by atoms with Crippen molar-refractivity contribution < 1.29 is 9.59 Å². The summed E-state index contributed by atoms with van der Waals surface area (Å²) in [5, 5.41) is 2.84. The second-order valence-electron chi connectivity index (χ2n) is 6.38. The van der Waals surface area contributed by atoms with E-state index in [0.717, 1.165) is 11.4 Å². The minimum atomic E-state index is -0.296. The van der Waals surface area contributed by atoms with Crippen molar-refractivity contribution in [2.24, 2.45) is 0 Å². The number of carbonyl (C=O) groups is 2. The lowest BCUT2D eigenvalue weighted by atomic mass is 10.2. The summed E-state index contributed by atoms with van der Waals surface area (Å²) in [6.45, 7) is 6.06. The lowest BCUT2D eigenvalue weighted by molar-refractivity contribution is 0.0982. The monoisotopic (exact) mass is 374 g/mol. The molecule has 0 radical (unpaired) electrons. The van der Waals surface area contributed by atoms with Gasteiger partial charge in [-0.15, -0.1) is 0 Å². The van der Waals surface area contributed by atoms with Gasteiger partial charge in [0.1, 0.15) is 11.4 Å². The number of nitrogens with one attached hydrogen (secondary N) is 1. The van der Waals surface area contributed by atoms with Crippen LogP contribution in [0.25, 0.3) is 0 Å². The van der Waals surface area contributed by atoms with Gasteiger partial charge in [-0.1, -0.05) is 18.2 Å². The van der Waals surface area contributed by atoms with Crippen molar-refractivity contribution in [2.75, 3.05) is 16.8 Å². The Bertz CT molecular complexity index is 1020. The number of pyridine rings is 2. The quantitative estimate of drug-likeness (QED) is 0.732. The molecule has 0 saturated heterocycles. The van der Waals surface area contributed by atoms with E-state index >= 15 is 0 Å². The molecule has 3 rings (SSSR count). The van der Waals surface area contributed by atoms with Gasteiger partial charge in [0, 0.05) is 29.3 Å². The number of anilines is 2. The van der Waals surface area contributed by atoms with Crippen molar-refractivity contribution in [1.82, 2.24) is 9.97 Å². The molecule has 0 aliphatic rings. The second kappa shape index (κ2) is 8.43. The minimum absolute atomic E-state index is 0.185. The van der Waals surface area contributed by atoms with Crippen molar-refractivity contribution in [3.8, 4) is 0 Å². The molecule has 0 aliphatic carbocycles. The molecule has 0 fully saturated rings. The van der Waals surface area contributed by atoms with Crippen LogP contribution >= 0.6 is 0 Å². The van der Waals surface area contributed by atoms with Crippen LogP contribution in [-0.2, 0) is 0 Å². The van der Waals surface area contributed by atoms with E-state index in [-0.39, 0.29) is 11.8 Å². The summed E-state index contributed by atoms with van der Waals surface area (Å²) >= 11 is 0. The average Bonchev–Trinajstić information content (AvgIpc) is 2.69. The van der Waals surface area contributed by atoms with Crippen LogP contribution in [0.2, 0.25) is 0 Å². The molecule has 2 amide bonds. The van der Waals surface area contributed by atoms with E-state index in [2.05, 4.69) is 15.3 Å². The highest BCUT2D eigenvalue weighted by molar-refractivity contribution is 6.06. The molecule has 0 aliphatic heterocycles. The fourth-order valence-electron chi connectivity index (χ4n) is 2.86. The Balaban J connectivity index is 1.83. The molecule has 28 heavy (non-hydrogen) atoms. The number of benzene rings is 1. The molecule has 0 saturated carbocycles. The molecule has 0 spiro atoms. The highest BCUT2D eigenvalue weighted by Gasteiger charge is 2.18. The zero-order valence-corrected chi connectivity index (χ0v) is 16.1. The normalized spacial score (nSPS) is 10.4. The van der Waals surface area contributed by atoms with Crippen LogP contribution in [0.5, 0.6) is 0 Å². The summed E-state index contributed by atoms with van der Waals surface area (Å²) in [6, 6.07) is 17.8. The highest BCUT2D eigenvalue weighted by Crippen LogP contribution is 2.21. The zero-order valence-electron chi connectivity index (χ0n) is 16.1. The third kappa shape index (κ3) is 4.40. The largest absolute Gasteiger partial charge is 0.321 e. The molecule has 0 atom stereocenters. The van der Waals surface area contributed by atoms with Crippen LogP contribution < -0.4 is 10.2 Å². The van der Waals surface area contributed by atoms with Crippen molar-refractivity contribution in [2.45, 2.75) is 20.8 Å². The van der Waals surface area contributed by atoms with E-state index < -0.39 is 0 Å². The summed E-state index contributed by atoms with van der Waals surface area (Å²) in [5.74, 6) is -0.481. The number of amides is 2. The van der Waals surface area contributed by atoms with E-state index in [1.54, 1.807) is 41.3 Å². The standard InChI is InChI=1S/C22H22N4O2/c1-4-26(22(28)20-13-6-9-16(3)24-20)18-11-7-10-17(14-18)25-21(27)19-12-5-8-15(2)23-19/h5-14H,4H2,1-3H3,(H,25,27). The Kier molecular flexibility index (Phi) is 5.79. The van der Waals surface area contributed by atoms with Gasteiger partial charge in [0.2, 0.25) is 0 Å². The molecule has 2 aromatic heterocycles. The summed E-state index contributed by atoms with van der Waals surface area (Å²) < 4.78 is 0. The molecule has 3 aromatic rings. The lowest BCUT2D eigenvalue weighted by Gasteiger charge is -2.21. The van der Waals surface area contributed by atoms with Crippen LogP contribution in [0.3, 0.4) is 0 Å². The number of aryl methyl sites for hydroxylation is 2. The van der Waals surface area contributed by atoms with Crippen LogP contribution in [0, 0.1) is 13.8 Å². The van der Waals surface area contributed by atoms with Crippen molar-refractivity contribution >= 4 is 23.2 Å². The number of hydrogen-bond donors (Lipinski definition) is 1. The molecular weight excluding hydrogens is 352 g/mol. The third-order valence-corrected chi connectivity index (χ3v) is 4.21. The Hall–Kier alpha value is -3.54. The minimum Gasteiger partial charge on any atom is -0.321 e. The maximum atomic E-state index is 12.9. The number of carbonyl (C=O) groups excluding carboxylic acids is 2. The van der Waals surface area contributed by atoms with Gasteiger partial charge in [-0.3, -0.25) is 9.59 Å². The molecule has 142 valence electrons. The van der Waals surface area contributed by atoms with E-state index in [0.29, 0.717) is 29.3 Å². The topological polar surface area (TPSA) is 75.2 Å². The molecule has 0 unspecified atom stereocenters. The summed E-state index contributed by atoms with van der Waals surface area (Å²) in [7, 11) is 0. The number of rotatable bonds is 5. The Morgan fingerprint density at radius 2 is 1.50 bits per heavy atom. The Labute approximate surface area is 164 Å². The first-order valence-electron chi connectivity index (χ1n) is 9.08. The number of nitrogens with zero attached hydrogens (tertiary/aromatic N) is 3. The highest BCUT2D eigenvalue weighted by atomic mass is 16.2. The fraction of sp³-hybridized carbons (Fsp3) is 0.182. The summed E-state index contributed by atoms with van der Waals surface area (Å²) in [5.41, 5.74) is 3.57. The van der Waals surface area contributed by atoms with Crippen LogP contribution in [0.4, 0.5) is 11.4 Å². The Morgan fingerprint density at radius 3 is 2.14 bits per heavy atom. The molecular formula is C22H22N4O2. The molecule has 0 bridgehead atoms. The fourth-order valence-corrected chi connectivity index (χ4v) is 2.86. The van der Waals surface area contributed by atoms with Crippen molar-refractivity contribution in [3.63, 3.8) is 0 Å². The van der Waals surface area contributed by atoms with Gasteiger partial charge in [0.05, 0.1) is 0 Å². The first-order chi connectivity index (χ1) is 13.5. The summed E-state index contributed by atoms with van der Waals surface area (Å²) in [6.07, 6.45) is 0. The molecule has 1 N–H and O–H groups in total. The molecule has 2 heterocycles. The van der Waals surface area contributed by atoms with Gasteiger partial charge in [-0.25, -0.2) is 9.97 Å². The van der Waals surface area contributed by atoms with E-state index in [9.17, 15) is 9.59 Å². The van der Waals surface area contributed by atoms with Crippen molar-refractivity contribution in [1.29, 1.82) is 0 Å². The lowest BCUT2D eigenvalue weighted by Crippen LogP contribution is -2.31. The van der Waals surface area contributed by atoms with Gasteiger partial charge in [-0.2, -0.15) is 0 Å². The SMILES string of the molecule is CCN(C(=O)c1cccc(C)n1)c1cccc(NC(=O)c2cccc(C)n2)c1. The predicted octanol–water partition coefficient (Wildman–Crippen LogP) is 4.01. The zero-order chi connectivity index (χ0) is 20.1. The molecule has 6 nitrogen and oxygen atoms in total. The average molecular weight is 374 g/mol. The van der Waals surface area contributed by atoms with Gasteiger partial charge < -0.3 is 10.2 Å². The maximum absolute atomic E-state index is 12.9. The van der Waals surface area contributed by atoms with Gasteiger partial charge >= 0.3 is 0 Å². The van der Waals surface area contributed by atoms with E-state index in [1.807, 2.05) is 45.0 Å². The predicted molar refractivity (Wildman–Crippen MR) is 110 cm³/mol. The first-order valence-corrected chi connectivity index (χ1v) is 9.08. The van der Waals surface area contributed by atoms with Crippen LogP contribution in [-0.4, -0.2) is 28.3 Å². The second-order valence-corrected chi connectivity index (χ2v) is 6.38. The van der Waals surface area contributed by atoms with Gasteiger partial charge in [-0.05, 0) is 63.2 Å². The van der Waals surface area contributed by atoms with Crippen LogP contribution in [0.15, 0.2) is 60.7 Å². The van der Waals surface area contributed by atoms with Gasteiger partial charge in [0.25, 0.3) is 11.8 Å². The first kappa shape index (κ1) is 19.2. The van der Waals surface area contributed by atoms with E-state index in [4.69, 9.17) is 0 Å². The van der Waals surface area contributed by atoms with E-state index in [1.165, 1.54) is 0 Å². The molecule has 6 heteroatoms. The van der Waals surface area contributed by atoms with Crippen molar-refractivity contribution in [3.05, 3.63) is 83.4 Å². The Morgan fingerprint density at radius 1 is 0.893 bits per heavy atom. The third-order valence-electron chi connectivity index (χ3n) is 4.21. The summed E-state index contributed by atoms with van der Waals surface area (Å²) in [4.78, 5) is 35.5. The number of hydrogen-bond acceptors (Lipinski definition) is 4. The van der Waals surface area contributed by atoms with Gasteiger partial charge in [0.15, 0.2) is 0 Å². The maximum Gasteiger partial charge on any atom is 0.276 e.